The normalized spacial score (nSPS) is 19.8. The molecule has 0 aliphatic carbocycles. The van der Waals surface area contributed by atoms with E-state index in [2.05, 4.69) is 5.16 Å². The fourth-order valence-corrected chi connectivity index (χ4v) is 1.55. The molecule has 0 spiro atoms. The largest absolute Gasteiger partial charge is 0.508 e. The predicted molar refractivity (Wildman–Crippen MR) is 55.8 cm³/mol. The Morgan fingerprint density at radius 2 is 2.07 bits per heavy atom. The van der Waals surface area contributed by atoms with Crippen molar-refractivity contribution in [2.45, 2.75) is 18.9 Å². The molecule has 0 amide bonds. The molecule has 1 aliphatic rings. The summed E-state index contributed by atoms with van der Waals surface area (Å²) in [5, 5.41) is 21.8. The Kier molecular flexibility index (Phi) is 2.87. The van der Waals surface area contributed by atoms with Gasteiger partial charge in [0.25, 0.3) is 0 Å². The van der Waals surface area contributed by atoms with E-state index in [-0.39, 0.29) is 18.5 Å². The third-order valence-corrected chi connectivity index (χ3v) is 2.38. The first-order valence-corrected chi connectivity index (χ1v) is 4.92. The molecule has 1 aliphatic heterocycles. The number of aliphatic hydroxyl groups excluding tert-OH is 1. The zero-order valence-corrected chi connectivity index (χ0v) is 8.26. The van der Waals surface area contributed by atoms with E-state index in [1.165, 1.54) is 0 Å². The summed E-state index contributed by atoms with van der Waals surface area (Å²) in [5.41, 5.74) is 1.82. The SMILES string of the molecule is OCCC1CC(c2ccc(O)cc2)=NO1. The summed E-state index contributed by atoms with van der Waals surface area (Å²) in [5.74, 6) is 0.241. The van der Waals surface area contributed by atoms with Crippen LogP contribution >= 0.6 is 0 Å². The quantitative estimate of drug-likeness (QED) is 0.784. The van der Waals surface area contributed by atoms with E-state index < -0.39 is 0 Å². The maximum atomic E-state index is 9.13. The van der Waals surface area contributed by atoms with Crippen LogP contribution in [0.4, 0.5) is 0 Å². The van der Waals surface area contributed by atoms with E-state index in [1.54, 1.807) is 24.3 Å². The molecule has 1 unspecified atom stereocenters. The van der Waals surface area contributed by atoms with Crippen molar-refractivity contribution in [3.05, 3.63) is 29.8 Å². The molecule has 1 aromatic rings. The van der Waals surface area contributed by atoms with Crippen LogP contribution in [0.2, 0.25) is 0 Å². The molecule has 1 atom stereocenters. The second-order valence-corrected chi connectivity index (χ2v) is 3.53. The number of benzene rings is 1. The number of hydrogen-bond donors (Lipinski definition) is 2. The molecule has 4 heteroatoms. The molecule has 2 rings (SSSR count). The maximum Gasteiger partial charge on any atom is 0.135 e. The molecular weight excluding hydrogens is 194 g/mol. The van der Waals surface area contributed by atoms with Gasteiger partial charge in [0.1, 0.15) is 11.9 Å². The Balaban J connectivity index is 2.04. The maximum absolute atomic E-state index is 9.13. The fraction of sp³-hybridized carbons (Fsp3) is 0.364. The van der Waals surface area contributed by atoms with Gasteiger partial charge in [0, 0.05) is 19.4 Å². The van der Waals surface area contributed by atoms with Crippen LogP contribution in [0.5, 0.6) is 5.75 Å². The average molecular weight is 207 g/mol. The van der Waals surface area contributed by atoms with Crippen molar-refractivity contribution >= 4 is 5.71 Å². The first-order chi connectivity index (χ1) is 7.29. The first kappa shape index (κ1) is 9.98. The number of phenolic OH excluding ortho intramolecular Hbond substituents is 1. The summed E-state index contributed by atoms with van der Waals surface area (Å²) in [4.78, 5) is 5.16. The molecule has 1 aromatic carbocycles. The highest BCUT2D eigenvalue weighted by Gasteiger charge is 2.21. The predicted octanol–water partition coefficient (Wildman–Crippen LogP) is 1.27. The lowest BCUT2D eigenvalue weighted by atomic mass is 10.0. The molecular formula is C11H13NO3. The van der Waals surface area contributed by atoms with Gasteiger partial charge in [0.2, 0.25) is 0 Å². The summed E-state index contributed by atoms with van der Waals surface area (Å²) in [7, 11) is 0. The highest BCUT2D eigenvalue weighted by Crippen LogP contribution is 2.20. The summed E-state index contributed by atoms with van der Waals surface area (Å²) in [6, 6.07) is 6.85. The molecule has 15 heavy (non-hydrogen) atoms. The second kappa shape index (κ2) is 4.31. The molecule has 0 saturated heterocycles. The van der Waals surface area contributed by atoms with Crippen LogP contribution in [0.1, 0.15) is 18.4 Å². The Morgan fingerprint density at radius 3 is 2.73 bits per heavy atom. The molecule has 4 nitrogen and oxygen atoms in total. The van der Waals surface area contributed by atoms with Gasteiger partial charge in [0.05, 0.1) is 5.71 Å². The summed E-state index contributed by atoms with van der Waals surface area (Å²) in [6.07, 6.45) is 1.30. The van der Waals surface area contributed by atoms with Gasteiger partial charge in [-0.1, -0.05) is 5.16 Å². The van der Waals surface area contributed by atoms with Crippen LogP contribution < -0.4 is 0 Å². The van der Waals surface area contributed by atoms with Crippen LogP contribution in [0.3, 0.4) is 0 Å². The summed E-state index contributed by atoms with van der Waals surface area (Å²) < 4.78 is 0. The Labute approximate surface area is 87.8 Å². The van der Waals surface area contributed by atoms with E-state index in [9.17, 15) is 0 Å². The molecule has 0 fully saturated rings. The lowest BCUT2D eigenvalue weighted by molar-refractivity contribution is 0.0645. The van der Waals surface area contributed by atoms with E-state index in [1.807, 2.05) is 0 Å². The van der Waals surface area contributed by atoms with Crippen molar-refractivity contribution in [2.75, 3.05) is 6.61 Å². The van der Waals surface area contributed by atoms with Crippen LogP contribution in [0.25, 0.3) is 0 Å². The molecule has 0 bridgehead atoms. The molecule has 2 N–H and O–H groups in total. The van der Waals surface area contributed by atoms with Gasteiger partial charge in [-0.15, -0.1) is 0 Å². The van der Waals surface area contributed by atoms with Crippen molar-refractivity contribution in [1.29, 1.82) is 0 Å². The van der Waals surface area contributed by atoms with Crippen molar-refractivity contribution in [2.24, 2.45) is 5.16 Å². The molecule has 1 heterocycles. The number of aliphatic hydroxyl groups is 1. The van der Waals surface area contributed by atoms with Gasteiger partial charge >= 0.3 is 0 Å². The summed E-state index contributed by atoms with van der Waals surface area (Å²) >= 11 is 0. The standard InChI is InChI=1S/C11H13NO3/c13-6-5-10-7-11(12-15-10)8-1-3-9(14)4-2-8/h1-4,10,13-14H,5-7H2. The van der Waals surface area contributed by atoms with Crippen LogP contribution in [-0.4, -0.2) is 28.6 Å². The van der Waals surface area contributed by atoms with Gasteiger partial charge in [0.15, 0.2) is 0 Å². The average Bonchev–Trinajstić information content (AvgIpc) is 2.68. The topological polar surface area (TPSA) is 62.0 Å². The minimum absolute atomic E-state index is 0.0150. The van der Waals surface area contributed by atoms with Crippen molar-refractivity contribution in [1.82, 2.24) is 0 Å². The van der Waals surface area contributed by atoms with Gasteiger partial charge in [-0.3, -0.25) is 0 Å². The van der Waals surface area contributed by atoms with Gasteiger partial charge in [-0.05, 0) is 29.8 Å². The second-order valence-electron chi connectivity index (χ2n) is 3.53. The monoisotopic (exact) mass is 207 g/mol. The van der Waals surface area contributed by atoms with Crippen LogP contribution in [0, 0.1) is 0 Å². The fourth-order valence-electron chi connectivity index (χ4n) is 1.55. The van der Waals surface area contributed by atoms with Gasteiger partial charge in [-0.25, -0.2) is 0 Å². The lowest BCUT2D eigenvalue weighted by Gasteiger charge is -2.04. The third-order valence-electron chi connectivity index (χ3n) is 2.38. The van der Waals surface area contributed by atoms with Crippen molar-refractivity contribution in [3.63, 3.8) is 0 Å². The van der Waals surface area contributed by atoms with Gasteiger partial charge in [-0.2, -0.15) is 0 Å². The zero-order valence-electron chi connectivity index (χ0n) is 8.26. The minimum Gasteiger partial charge on any atom is -0.508 e. The Morgan fingerprint density at radius 1 is 1.33 bits per heavy atom. The van der Waals surface area contributed by atoms with Crippen molar-refractivity contribution < 1.29 is 15.1 Å². The van der Waals surface area contributed by atoms with E-state index in [0.29, 0.717) is 12.8 Å². The number of hydrogen-bond acceptors (Lipinski definition) is 4. The number of aromatic hydroxyl groups is 1. The zero-order chi connectivity index (χ0) is 10.7. The van der Waals surface area contributed by atoms with Crippen LogP contribution in [-0.2, 0) is 4.84 Å². The molecule has 0 radical (unpaired) electrons. The van der Waals surface area contributed by atoms with Crippen LogP contribution in [0.15, 0.2) is 29.4 Å². The summed E-state index contributed by atoms with van der Waals surface area (Å²) in [6.45, 7) is 0.114. The highest BCUT2D eigenvalue weighted by atomic mass is 16.6. The van der Waals surface area contributed by atoms with E-state index >= 15 is 0 Å². The van der Waals surface area contributed by atoms with Gasteiger partial charge < -0.3 is 15.1 Å². The smallest absolute Gasteiger partial charge is 0.135 e. The lowest BCUT2D eigenvalue weighted by Crippen LogP contribution is -2.10. The van der Waals surface area contributed by atoms with E-state index in [4.69, 9.17) is 15.1 Å². The highest BCUT2D eigenvalue weighted by molar-refractivity contribution is 6.01. The van der Waals surface area contributed by atoms with Crippen molar-refractivity contribution in [3.8, 4) is 5.75 Å². The van der Waals surface area contributed by atoms with E-state index in [0.717, 1.165) is 11.3 Å². The number of phenols is 1. The Hall–Kier alpha value is -1.55. The minimum atomic E-state index is -0.0150. The molecule has 80 valence electrons. The Bertz CT molecular complexity index is 359. The number of oxime groups is 1. The first-order valence-electron chi connectivity index (χ1n) is 4.92. The molecule has 0 saturated carbocycles. The third kappa shape index (κ3) is 2.27. The molecule has 0 aromatic heterocycles. The number of nitrogens with zero attached hydrogens (tertiary/aromatic N) is 1. The number of rotatable bonds is 3.